The van der Waals surface area contributed by atoms with Gasteiger partial charge in [0.05, 0.1) is 6.20 Å². The molecule has 0 spiro atoms. The van der Waals surface area contributed by atoms with Gasteiger partial charge >= 0.3 is 0 Å². The third kappa shape index (κ3) is 3.31. The molecule has 1 radical (unpaired) electrons. The Labute approximate surface area is 114 Å². The van der Waals surface area contributed by atoms with Crippen molar-refractivity contribution in [2.24, 2.45) is 5.18 Å². The number of hydrogen-bond donors (Lipinski definition) is 0. The summed E-state index contributed by atoms with van der Waals surface area (Å²) in [7, 11) is 2.14. The van der Waals surface area contributed by atoms with Crippen molar-refractivity contribution in [3.8, 4) is 0 Å². The van der Waals surface area contributed by atoms with Crippen molar-refractivity contribution in [1.29, 1.82) is 0 Å². The van der Waals surface area contributed by atoms with Gasteiger partial charge in [0, 0.05) is 12.2 Å². The highest BCUT2D eigenvalue weighted by Gasteiger charge is 2.15. The first-order chi connectivity index (χ1) is 9.24. The summed E-state index contributed by atoms with van der Waals surface area (Å²) in [5.41, 5.74) is 1.61. The van der Waals surface area contributed by atoms with E-state index in [4.69, 9.17) is 0 Å². The summed E-state index contributed by atoms with van der Waals surface area (Å²) in [5, 5.41) is 2.87. The fourth-order valence-electron chi connectivity index (χ4n) is 2.11. The van der Waals surface area contributed by atoms with Crippen LogP contribution >= 0.6 is 0 Å². The number of rotatable bonds is 4. The molecule has 0 saturated heterocycles. The summed E-state index contributed by atoms with van der Waals surface area (Å²) >= 11 is 0. The zero-order valence-corrected chi connectivity index (χ0v) is 11.3. The molecular weight excluding hydrogens is 237 g/mol. The molecule has 4 nitrogen and oxygen atoms in total. The van der Waals surface area contributed by atoms with Crippen LogP contribution in [0.5, 0.6) is 0 Å². The Balaban J connectivity index is 2.28. The van der Waals surface area contributed by atoms with Crippen LogP contribution in [0.4, 0.5) is 11.5 Å². The van der Waals surface area contributed by atoms with E-state index in [1.807, 2.05) is 6.07 Å². The van der Waals surface area contributed by atoms with Gasteiger partial charge in [0.15, 0.2) is 0 Å². The van der Waals surface area contributed by atoms with Gasteiger partial charge in [-0.05, 0) is 36.2 Å². The summed E-state index contributed by atoms with van der Waals surface area (Å²) in [4.78, 5) is 16.9. The number of nitrogens with zero attached hydrogens (tertiary/aromatic N) is 3. The molecule has 5 heteroatoms. The second-order valence-corrected chi connectivity index (χ2v) is 4.68. The molecule has 97 valence electrons. The Morgan fingerprint density at radius 2 is 2.37 bits per heavy atom. The Kier molecular flexibility index (Phi) is 4.50. The molecule has 2 rings (SSSR count). The lowest BCUT2D eigenvalue weighted by Crippen LogP contribution is -2.27. The molecule has 1 aromatic heterocycles. The standard InChI is InChI=1S/C14H17BN3O/c1-11-4-3-5-12(8-15-2)10-18(11)14-7-6-13(17-19)9-16-14/h3,5-7,9-11H,4,8H2,1-2H3. The molecule has 0 saturated carbocycles. The Morgan fingerprint density at radius 1 is 1.53 bits per heavy atom. The first-order valence-corrected chi connectivity index (χ1v) is 6.47. The summed E-state index contributed by atoms with van der Waals surface area (Å²) in [6.45, 7) is 4.21. The van der Waals surface area contributed by atoms with Crippen LogP contribution in [0.2, 0.25) is 13.1 Å². The van der Waals surface area contributed by atoms with Crippen LogP contribution in [-0.4, -0.2) is 18.3 Å². The summed E-state index contributed by atoms with van der Waals surface area (Å²) in [6, 6.07) is 3.87. The summed E-state index contributed by atoms with van der Waals surface area (Å²) in [5.74, 6) is 0.845. The van der Waals surface area contributed by atoms with E-state index >= 15 is 0 Å². The van der Waals surface area contributed by atoms with E-state index in [1.54, 1.807) is 6.07 Å². The van der Waals surface area contributed by atoms with Crippen LogP contribution in [0.3, 0.4) is 0 Å². The van der Waals surface area contributed by atoms with Gasteiger partial charge in [-0.25, -0.2) is 4.98 Å². The molecule has 0 fully saturated rings. The van der Waals surface area contributed by atoms with Crippen molar-refractivity contribution in [2.75, 3.05) is 4.90 Å². The van der Waals surface area contributed by atoms with E-state index in [0.717, 1.165) is 18.6 Å². The fraction of sp³-hybridized carbons (Fsp3) is 0.357. The van der Waals surface area contributed by atoms with Gasteiger partial charge in [-0.1, -0.05) is 25.3 Å². The van der Waals surface area contributed by atoms with Crippen molar-refractivity contribution in [3.63, 3.8) is 0 Å². The van der Waals surface area contributed by atoms with Crippen LogP contribution in [0.1, 0.15) is 13.3 Å². The van der Waals surface area contributed by atoms with Crippen LogP contribution in [-0.2, 0) is 0 Å². The number of hydrogen-bond acceptors (Lipinski definition) is 4. The van der Waals surface area contributed by atoms with E-state index in [9.17, 15) is 4.91 Å². The molecule has 19 heavy (non-hydrogen) atoms. The second kappa shape index (κ2) is 6.32. The summed E-state index contributed by atoms with van der Waals surface area (Å²) in [6.07, 6.45) is 9.91. The SMILES string of the molecule is C[B]CC1=CN(c2ccc(N=O)cn2)C(C)CC=C1. The fourth-order valence-corrected chi connectivity index (χ4v) is 2.11. The van der Waals surface area contributed by atoms with Gasteiger partial charge in [0.1, 0.15) is 18.8 Å². The molecular formula is C14H17BN3O. The van der Waals surface area contributed by atoms with Gasteiger partial charge in [0.2, 0.25) is 0 Å². The van der Waals surface area contributed by atoms with Gasteiger partial charge in [0.25, 0.3) is 0 Å². The Hall–Kier alpha value is -1.91. The quantitative estimate of drug-likeness (QED) is 0.608. The maximum absolute atomic E-state index is 10.4. The molecule has 1 aliphatic heterocycles. The van der Waals surface area contributed by atoms with Gasteiger partial charge in [-0.2, -0.15) is 0 Å². The number of nitroso groups, excluding NO2 is 1. The second-order valence-electron chi connectivity index (χ2n) is 4.68. The van der Waals surface area contributed by atoms with Crippen LogP contribution in [0, 0.1) is 4.91 Å². The maximum Gasteiger partial charge on any atom is 0.132 e. The summed E-state index contributed by atoms with van der Waals surface area (Å²) < 4.78 is 0. The number of anilines is 1. The van der Waals surface area contributed by atoms with Crippen molar-refractivity contribution in [3.05, 3.63) is 47.2 Å². The molecule has 0 N–H and O–H groups in total. The Bertz CT molecular complexity index is 496. The largest absolute Gasteiger partial charge is 0.330 e. The van der Waals surface area contributed by atoms with Crippen LogP contribution in [0.25, 0.3) is 0 Å². The highest BCUT2D eigenvalue weighted by Crippen LogP contribution is 2.24. The molecule has 0 bridgehead atoms. The smallest absolute Gasteiger partial charge is 0.132 e. The highest BCUT2D eigenvalue weighted by atomic mass is 16.3. The molecule has 1 atom stereocenters. The average Bonchev–Trinajstić information content (AvgIpc) is 2.62. The normalized spacial score (nSPS) is 18.7. The van der Waals surface area contributed by atoms with Crippen molar-refractivity contribution in [1.82, 2.24) is 4.98 Å². The lowest BCUT2D eigenvalue weighted by Gasteiger charge is -2.25. The molecule has 1 aromatic rings. The monoisotopic (exact) mass is 254 g/mol. The predicted octanol–water partition coefficient (Wildman–Crippen LogP) is 3.69. The van der Waals surface area contributed by atoms with Crippen molar-refractivity contribution >= 4 is 18.8 Å². The Morgan fingerprint density at radius 3 is 3.00 bits per heavy atom. The van der Waals surface area contributed by atoms with Crippen molar-refractivity contribution in [2.45, 2.75) is 32.5 Å². The van der Waals surface area contributed by atoms with E-state index < -0.39 is 0 Å². The molecule has 2 heterocycles. The number of allylic oxidation sites excluding steroid dienone is 2. The lowest BCUT2D eigenvalue weighted by molar-refractivity contribution is 0.714. The van der Waals surface area contributed by atoms with Crippen molar-refractivity contribution < 1.29 is 0 Å². The zero-order chi connectivity index (χ0) is 13.7. The van der Waals surface area contributed by atoms with E-state index in [-0.39, 0.29) is 0 Å². The molecule has 0 aliphatic carbocycles. The highest BCUT2D eigenvalue weighted by molar-refractivity contribution is 6.34. The third-order valence-corrected chi connectivity index (χ3v) is 3.13. The molecule has 0 amide bonds. The van der Waals surface area contributed by atoms with E-state index in [2.05, 4.69) is 54.4 Å². The minimum absolute atomic E-state index is 0.341. The molecule has 1 aliphatic rings. The molecule has 0 aromatic carbocycles. The first-order valence-electron chi connectivity index (χ1n) is 6.47. The van der Waals surface area contributed by atoms with Gasteiger partial charge in [-0.15, -0.1) is 4.91 Å². The number of aromatic nitrogens is 1. The predicted molar refractivity (Wildman–Crippen MR) is 79.9 cm³/mol. The third-order valence-electron chi connectivity index (χ3n) is 3.13. The average molecular weight is 254 g/mol. The lowest BCUT2D eigenvalue weighted by atomic mass is 9.75. The van der Waals surface area contributed by atoms with Crippen LogP contribution in [0.15, 0.2) is 47.4 Å². The van der Waals surface area contributed by atoms with Crippen LogP contribution < -0.4 is 4.90 Å². The number of pyridine rings is 1. The molecule has 1 unspecified atom stereocenters. The van der Waals surface area contributed by atoms with E-state index in [1.165, 1.54) is 11.8 Å². The first kappa shape index (κ1) is 13.5. The maximum atomic E-state index is 10.4. The topological polar surface area (TPSA) is 45.6 Å². The van der Waals surface area contributed by atoms with Gasteiger partial charge in [-0.3, -0.25) is 0 Å². The minimum Gasteiger partial charge on any atom is -0.330 e. The van der Waals surface area contributed by atoms with Gasteiger partial charge < -0.3 is 4.90 Å². The van der Waals surface area contributed by atoms with E-state index in [0.29, 0.717) is 11.7 Å². The minimum atomic E-state index is 0.341. The zero-order valence-electron chi connectivity index (χ0n) is 11.3.